The number of pyridine rings is 1. The number of rotatable bonds is 8. The van der Waals surface area contributed by atoms with E-state index >= 15 is 0 Å². The number of benzene rings is 2. The van der Waals surface area contributed by atoms with Crippen molar-refractivity contribution in [3.63, 3.8) is 0 Å². The normalized spacial score (nSPS) is 16.5. The van der Waals surface area contributed by atoms with Gasteiger partial charge in [0, 0.05) is 22.5 Å². The van der Waals surface area contributed by atoms with Gasteiger partial charge in [-0.15, -0.1) is 0 Å². The van der Waals surface area contributed by atoms with Crippen molar-refractivity contribution in [2.75, 3.05) is 6.61 Å². The van der Waals surface area contributed by atoms with Crippen molar-refractivity contribution in [1.82, 2.24) is 15.2 Å². The number of halogens is 1. The number of hydrogen-bond acceptors (Lipinski definition) is 7. The summed E-state index contributed by atoms with van der Waals surface area (Å²) in [5.74, 6) is -0.646. The van der Waals surface area contributed by atoms with E-state index in [9.17, 15) is 9.59 Å². The highest BCUT2D eigenvalue weighted by molar-refractivity contribution is 8.16. The fourth-order valence-electron chi connectivity index (χ4n) is 4.40. The molecule has 9 heteroatoms. The molecule has 1 atom stereocenters. The zero-order valence-electron chi connectivity index (χ0n) is 20.6. The third-order valence-electron chi connectivity index (χ3n) is 6.09. The SMILES string of the molecule is CCOC(=O)C1=C(c2ccccc2)N=C2SC=C(CC(=O)NCc3ccccn3)N2[C@H]1c1ccccc1Cl. The number of fused-ring (bicyclic) bond motifs is 1. The minimum Gasteiger partial charge on any atom is -0.463 e. The quantitative estimate of drug-likeness (QED) is 0.365. The molecule has 2 aromatic carbocycles. The fourth-order valence-corrected chi connectivity index (χ4v) is 5.56. The van der Waals surface area contributed by atoms with E-state index in [4.69, 9.17) is 21.3 Å². The van der Waals surface area contributed by atoms with Crippen LogP contribution in [0.1, 0.15) is 36.2 Å². The number of carbonyl (C=O) groups excluding carboxylic acids is 2. The predicted octanol–water partition coefficient (Wildman–Crippen LogP) is 5.72. The van der Waals surface area contributed by atoms with Gasteiger partial charge in [-0.25, -0.2) is 9.79 Å². The summed E-state index contributed by atoms with van der Waals surface area (Å²) in [6.45, 7) is 2.30. The molecule has 5 rings (SSSR count). The molecule has 0 saturated heterocycles. The number of thioether (sulfide) groups is 1. The zero-order valence-corrected chi connectivity index (χ0v) is 22.2. The van der Waals surface area contributed by atoms with Gasteiger partial charge < -0.3 is 15.0 Å². The summed E-state index contributed by atoms with van der Waals surface area (Å²) >= 11 is 8.12. The Hall–Kier alpha value is -3.88. The number of hydrogen-bond donors (Lipinski definition) is 1. The summed E-state index contributed by atoms with van der Waals surface area (Å²) in [4.78, 5) is 37.6. The first-order chi connectivity index (χ1) is 18.6. The van der Waals surface area contributed by atoms with Gasteiger partial charge in [-0.2, -0.15) is 0 Å². The van der Waals surface area contributed by atoms with Crippen molar-refractivity contribution < 1.29 is 14.3 Å². The van der Waals surface area contributed by atoms with Crippen LogP contribution in [0.25, 0.3) is 5.70 Å². The van der Waals surface area contributed by atoms with Crippen LogP contribution < -0.4 is 5.32 Å². The van der Waals surface area contributed by atoms with E-state index in [1.165, 1.54) is 11.8 Å². The Kier molecular flexibility index (Phi) is 7.91. The van der Waals surface area contributed by atoms with Crippen LogP contribution in [-0.4, -0.2) is 33.5 Å². The summed E-state index contributed by atoms with van der Waals surface area (Å²) in [6, 6.07) is 21.9. The maximum absolute atomic E-state index is 13.5. The number of ether oxygens (including phenoxy) is 1. The number of nitrogens with one attached hydrogen (secondary N) is 1. The lowest BCUT2D eigenvalue weighted by Crippen LogP contribution is -2.38. The van der Waals surface area contributed by atoms with Gasteiger partial charge in [0.25, 0.3) is 0 Å². The Labute approximate surface area is 230 Å². The number of nitrogens with zero attached hydrogens (tertiary/aromatic N) is 3. The van der Waals surface area contributed by atoms with Crippen LogP contribution >= 0.6 is 23.4 Å². The van der Waals surface area contributed by atoms with Crippen LogP contribution in [0.2, 0.25) is 5.02 Å². The molecular weight excluding hydrogens is 520 g/mol. The molecule has 0 spiro atoms. The largest absolute Gasteiger partial charge is 0.463 e. The van der Waals surface area contributed by atoms with E-state index in [2.05, 4.69) is 10.3 Å². The molecule has 2 aliphatic heterocycles. The molecule has 0 bridgehead atoms. The van der Waals surface area contributed by atoms with E-state index in [1.54, 1.807) is 19.2 Å². The highest BCUT2D eigenvalue weighted by Gasteiger charge is 2.43. The van der Waals surface area contributed by atoms with Gasteiger partial charge in [-0.3, -0.25) is 9.78 Å². The van der Waals surface area contributed by atoms with Gasteiger partial charge in [0.1, 0.15) is 0 Å². The van der Waals surface area contributed by atoms with Crippen molar-refractivity contribution in [3.8, 4) is 0 Å². The van der Waals surface area contributed by atoms with E-state index in [0.29, 0.717) is 33.7 Å². The summed E-state index contributed by atoms with van der Waals surface area (Å²) in [6.07, 6.45) is 1.78. The van der Waals surface area contributed by atoms with E-state index in [-0.39, 0.29) is 18.9 Å². The van der Waals surface area contributed by atoms with Crippen molar-refractivity contribution in [3.05, 3.63) is 118 Å². The highest BCUT2D eigenvalue weighted by Crippen LogP contribution is 2.48. The molecule has 0 aliphatic carbocycles. The maximum atomic E-state index is 13.5. The first-order valence-electron chi connectivity index (χ1n) is 12.2. The molecule has 0 saturated carbocycles. The van der Waals surface area contributed by atoms with Gasteiger partial charge in [-0.05, 0) is 36.1 Å². The number of aliphatic imine (C=N–C) groups is 1. The van der Waals surface area contributed by atoms with Gasteiger partial charge in [0.05, 0.1) is 42.6 Å². The number of amidine groups is 1. The van der Waals surface area contributed by atoms with Crippen molar-refractivity contribution in [2.45, 2.75) is 25.9 Å². The maximum Gasteiger partial charge on any atom is 0.338 e. The first kappa shape index (κ1) is 25.8. The predicted molar refractivity (Wildman–Crippen MR) is 150 cm³/mol. The summed E-state index contributed by atoms with van der Waals surface area (Å²) in [5.41, 5.74) is 3.90. The van der Waals surface area contributed by atoms with Crippen molar-refractivity contribution in [1.29, 1.82) is 0 Å². The van der Waals surface area contributed by atoms with Gasteiger partial charge in [0.15, 0.2) is 5.17 Å². The van der Waals surface area contributed by atoms with Crippen LogP contribution in [-0.2, 0) is 20.9 Å². The van der Waals surface area contributed by atoms with E-state index in [1.807, 2.05) is 77.0 Å². The Morgan fingerprint density at radius 3 is 2.55 bits per heavy atom. The monoisotopic (exact) mass is 544 g/mol. The Bertz CT molecular complexity index is 1440. The van der Waals surface area contributed by atoms with Crippen LogP contribution in [0.15, 0.2) is 101 Å². The molecule has 192 valence electrons. The molecule has 7 nitrogen and oxygen atoms in total. The average Bonchev–Trinajstić information content (AvgIpc) is 3.34. The minimum atomic E-state index is -0.629. The number of carbonyl (C=O) groups is 2. The second-order valence-corrected chi connectivity index (χ2v) is 9.78. The van der Waals surface area contributed by atoms with Crippen LogP contribution in [0.4, 0.5) is 0 Å². The lowest BCUT2D eigenvalue weighted by atomic mass is 9.91. The number of aromatic nitrogens is 1. The first-order valence-corrected chi connectivity index (χ1v) is 13.4. The molecule has 2 aliphatic rings. The van der Waals surface area contributed by atoms with E-state index < -0.39 is 12.0 Å². The smallest absolute Gasteiger partial charge is 0.338 e. The molecule has 0 radical (unpaired) electrons. The minimum absolute atomic E-state index is 0.0938. The van der Waals surface area contributed by atoms with E-state index in [0.717, 1.165) is 16.8 Å². The summed E-state index contributed by atoms with van der Waals surface area (Å²) < 4.78 is 5.53. The molecule has 38 heavy (non-hydrogen) atoms. The highest BCUT2D eigenvalue weighted by atomic mass is 35.5. The van der Waals surface area contributed by atoms with Gasteiger partial charge >= 0.3 is 5.97 Å². The van der Waals surface area contributed by atoms with Crippen molar-refractivity contribution in [2.24, 2.45) is 4.99 Å². The Morgan fingerprint density at radius 1 is 1.05 bits per heavy atom. The molecule has 0 unspecified atom stereocenters. The van der Waals surface area contributed by atoms with Gasteiger partial charge in [0.2, 0.25) is 5.91 Å². The second-order valence-electron chi connectivity index (χ2n) is 8.54. The lowest BCUT2D eigenvalue weighted by molar-refractivity contribution is -0.139. The fraction of sp³-hybridized carbons (Fsp3) is 0.172. The van der Waals surface area contributed by atoms with Crippen LogP contribution in [0, 0.1) is 0 Å². The molecule has 1 amide bonds. The third-order valence-corrected chi connectivity index (χ3v) is 7.32. The molecule has 1 aromatic heterocycles. The molecular formula is C29H25ClN4O3S. The molecule has 3 aromatic rings. The zero-order chi connectivity index (χ0) is 26.5. The molecule has 1 N–H and O–H groups in total. The third kappa shape index (κ3) is 5.37. The Balaban J connectivity index is 1.54. The number of amides is 1. The summed E-state index contributed by atoms with van der Waals surface area (Å²) in [5, 5.41) is 6.00. The van der Waals surface area contributed by atoms with Crippen LogP contribution in [0.3, 0.4) is 0 Å². The molecule has 0 fully saturated rings. The van der Waals surface area contributed by atoms with Gasteiger partial charge in [-0.1, -0.05) is 78.0 Å². The van der Waals surface area contributed by atoms with Crippen molar-refractivity contribution >= 4 is 46.1 Å². The van der Waals surface area contributed by atoms with Crippen LogP contribution in [0.5, 0.6) is 0 Å². The second kappa shape index (κ2) is 11.7. The number of esters is 1. The average molecular weight is 545 g/mol. The lowest BCUT2D eigenvalue weighted by Gasteiger charge is -2.37. The standard InChI is InChI=1S/C29H25ClN4O3S/c1-2-37-28(36)25-26(19-10-4-3-5-11-19)33-29-34(27(25)22-13-6-7-14-23(22)30)21(18-38-29)16-24(35)32-17-20-12-8-9-15-31-20/h3-15,18,27H,2,16-17H2,1H3,(H,32,35)/t27-/m0/s1. The Morgan fingerprint density at radius 2 is 1.82 bits per heavy atom. The topological polar surface area (TPSA) is 83.9 Å². The summed E-state index contributed by atoms with van der Waals surface area (Å²) in [7, 11) is 0. The molecule has 3 heterocycles.